The van der Waals surface area contributed by atoms with Gasteiger partial charge in [0.05, 0.1) is 34.1 Å². The summed E-state index contributed by atoms with van der Waals surface area (Å²) in [5, 5.41) is 7.23. The number of nitrogens with zero attached hydrogens (tertiary/aromatic N) is 3. The first kappa shape index (κ1) is 24.6. The second-order valence-corrected chi connectivity index (χ2v) is 8.23. The summed E-state index contributed by atoms with van der Waals surface area (Å²) in [5.74, 6) is -3.56. The van der Waals surface area contributed by atoms with E-state index in [1.165, 1.54) is 32.1 Å². The highest BCUT2D eigenvalue weighted by Crippen LogP contribution is 2.44. The number of allylic oxidation sites excluding steroid dienone is 4. The third-order valence-corrected chi connectivity index (χ3v) is 5.34. The van der Waals surface area contributed by atoms with E-state index >= 15 is 0 Å². The summed E-state index contributed by atoms with van der Waals surface area (Å²) in [6.07, 6.45) is -1.90. The molecule has 0 saturated heterocycles. The Morgan fingerprint density at radius 3 is 2.54 bits per heavy atom. The molecule has 4 rings (SSSR count). The maximum absolute atomic E-state index is 14.6. The van der Waals surface area contributed by atoms with Gasteiger partial charge in [0.25, 0.3) is 0 Å². The average molecular weight is 514 g/mol. The number of benzene rings is 1. The van der Waals surface area contributed by atoms with Crippen LogP contribution in [0.2, 0.25) is 5.02 Å². The number of hydrogen-bond donors (Lipinski definition) is 0. The molecule has 0 bridgehead atoms. The molecule has 2 aromatic heterocycles. The third kappa shape index (κ3) is 4.60. The van der Waals surface area contributed by atoms with Crippen molar-refractivity contribution in [2.45, 2.75) is 39.0 Å². The zero-order chi connectivity index (χ0) is 25.5. The van der Waals surface area contributed by atoms with Crippen molar-refractivity contribution in [3.8, 4) is 22.6 Å². The van der Waals surface area contributed by atoms with Gasteiger partial charge in [-0.25, -0.2) is 18.3 Å². The smallest absolute Gasteiger partial charge is 0.434 e. The molecule has 35 heavy (non-hydrogen) atoms. The van der Waals surface area contributed by atoms with Gasteiger partial charge in [0.15, 0.2) is 11.5 Å². The number of ether oxygens (including phenoxy) is 1. The number of esters is 1. The van der Waals surface area contributed by atoms with E-state index in [-0.39, 0.29) is 10.6 Å². The summed E-state index contributed by atoms with van der Waals surface area (Å²) < 4.78 is 82.4. The Balaban J connectivity index is 1.99. The Kier molecular flexibility index (Phi) is 6.54. The second-order valence-electron chi connectivity index (χ2n) is 7.82. The standard InChI is InChI=1S/C23H17ClF5N3O3/c1-11(2)34-22(33)18-19(17-13(24)6-5-8-15(17)26)31-35-20(18)12-10-30-32(21(12)23(27,28)29)16-9-4-3-7-14(16)25/h5-11H,3-4H2,1-2H3. The minimum absolute atomic E-state index is 0.158. The summed E-state index contributed by atoms with van der Waals surface area (Å²) in [5.41, 5.74) is -3.90. The van der Waals surface area contributed by atoms with E-state index in [1.54, 1.807) is 0 Å². The van der Waals surface area contributed by atoms with Crippen LogP contribution in [0.1, 0.15) is 42.7 Å². The zero-order valence-electron chi connectivity index (χ0n) is 18.3. The molecule has 0 amide bonds. The third-order valence-electron chi connectivity index (χ3n) is 5.02. The van der Waals surface area contributed by atoms with Crippen LogP contribution < -0.4 is 0 Å². The summed E-state index contributed by atoms with van der Waals surface area (Å²) in [6.45, 7) is 3.04. The highest BCUT2D eigenvalue weighted by Gasteiger charge is 2.43. The summed E-state index contributed by atoms with van der Waals surface area (Å²) in [7, 11) is 0. The molecule has 1 aromatic carbocycles. The molecule has 12 heteroatoms. The SMILES string of the molecule is CC(C)OC(=O)c1c(-c2c(F)cccc2Cl)noc1-c1cnn(C2=CCCC=C2F)c1C(F)(F)F. The fourth-order valence-corrected chi connectivity index (χ4v) is 3.87. The van der Waals surface area contributed by atoms with Crippen LogP contribution in [-0.4, -0.2) is 27.0 Å². The van der Waals surface area contributed by atoms with E-state index in [0.29, 0.717) is 17.5 Å². The van der Waals surface area contributed by atoms with Crippen molar-refractivity contribution in [1.82, 2.24) is 14.9 Å². The molecule has 0 aliphatic heterocycles. The highest BCUT2D eigenvalue weighted by molar-refractivity contribution is 6.33. The Bertz CT molecular complexity index is 1330. The number of carbonyl (C=O) groups is 1. The summed E-state index contributed by atoms with van der Waals surface area (Å²) >= 11 is 6.10. The second kappa shape index (κ2) is 9.29. The molecule has 2 heterocycles. The Morgan fingerprint density at radius 1 is 1.20 bits per heavy atom. The number of aromatic nitrogens is 3. The summed E-state index contributed by atoms with van der Waals surface area (Å²) in [6, 6.07) is 3.66. The van der Waals surface area contributed by atoms with Gasteiger partial charge < -0.3 is 9.26 Å². The molecular weight excluding hydrogens is 497 g/mol. The van der Waals surface area contributed by atoms with Crippen LogP contribution >= 0.6 is 11.6 Å². The predicted octanol–water partition coefficient (Wildman–Crippen LogP) is 7.07. The molecule has 6 nitrogen and oxygen atoms in total. The first-order valence-electron chi connectivity index (χ1n) is 10.4. The van der Waals surface area contributed by atoms with Crippen molar-refractivity contribution in [2.24, 2.45) is 0 Å². The molecule has 0 N–H and O–H groups in total. The van der Waals surface area contributed by atoms with Gasteiger partial charge in [0, 0.05) is 0 Å². The van der Waals surface area contributed by atoms with Crippen LogP contribution in [0.15, 0.2) is 46.9 Å². The van der Waals surface area contributed by atoms with E-state index in [9.17, 15) is 26.7 Å². The van der Waals surface area contributed by atoms with E-state index in [1.807, 2.05) is 0 Å². The van der Waals surface area contributed by atoms with Gasteiger partial charge in [-0.2, -0.15) is 18.3 Å². The Hall–Kier alpha value is -3.47. The van der Waals surface area contributed by atoms with E-state index < -0.39 is 63.9 Å². The fourth-order valence-electron chi connectivity index (χ4n) is 3.62. The lowest BCUT2D eigenvalue weighted by Crippen LogP contribution is -2.17. The van der Waals surface area contributed by atoms with Gasteiger partial charge in [-0.3, -0.25) is 0 Å². The van der Waals surface area contributed by atoms with Crippen LogP contribution in [0, 0.1) is 5.82 Å². The maximum Gasteiger partial charge on any atom is 0.434 e. The van der Waals surface area contributed by atoms with E-state index in [0.717, 1.165) is 18.3 Å². The normalized spacial score (nSPS) is 14.2. The van der Waals surface area contributed by atoms with Gasteiger partial charge in [0.1, 0.15) is 22.9 Å². The number of rotatable bonds is 5. The largest absolute Gasteiger partial charge is 0.459 e. The molecule has 184 valence electrons. The van der Waals surface area contributed by atoms with Crippen molar-refractivity contribution >= 4 is 23.3 Å². The lowest BCUT2D eigenvalue weighted by molar-refractivity contribution is -0.142. The van der Waals surface area contributed by atoms with Gasteiger partial charge in [-0.15, -0.1) is 0 Å². The van der Waals surface area contributed by atoms with Crippen LogP contribution in [0.4, 0.5) is 22.0 Å². The van der Waals surface area contributed by atoms with Crippen molar-refractivity contribution < 1.29 is 36.0 Å². The van der Waals surface area contributed by atoms with Gasteiger partial charge >= 0.3 is 12.1 Å². The summed E-state index contributed by atoms with van der Waals surface area (Å²) in [4.78, 5) is 13.0. The number of hydrogen-bond acceptors (Lipinski definition) is 5. The van der Waals surface area contributed by atoms with Crippen molar-refractivity contribution in [2.75, 3.05) is 0 Å². The molecule has 0 radical (unpaired) electrons. The Morgan fingerprint density at radius 2 is 1.91 bits per heavy atom. The highest BCUT2D eigenvalue weighted by atomic mass is 35.5. The number of halogens is 6. The van der Waals surface area contributed by atoms with Crippen molar-refractivity contribution in [3.63, 3.8) is 0 Å². The van der Waals surface area contributed by atoms with E-state index in [4.69, 9.17) is 20.9 Å². The molecule has 0 atom stereocenters. The van der Waals surface area contributed by atoms with Crippen molar-refractivity contribution in [3.05, 3.63) is 64.5 Å². The zero-order valence-corrected chi connectivity index (χ0v) is 19.0. The number of carbonyl (C=O) groups excluding carboxylic acids is 1. The van der Waals surface area contributed by atoms with Gasteiger partial charge in [0.2, 0.25) is 0 Å². The fraction of sp³-hybridized carbons (Fsp3) is 0.261. The van der Waals surface area contributed by atoms with Gasteiger partial charge in [-0.05, 0) is 44.9 Å². The first-order valence-corrected chi connectivity index (χ1v) is 10.8. The first-order chi connectivity index (χ1) is 16.5. The van der Waals surface area contributed by atoms with Crippen LogP contribution in [-0.2, 0) is 10.9 Å². The quantitative estimate of drug-likeness (QED) is 0.269. The molecule has 1 aliphatic carbocycles. The number of alkyl halides is 3. The molecule has 3 aromatic rings. The monoisotopic (exact) mass is 513 g/mol. The average Bonchev–Trinajstić information content (AvgIpc) is 3.38. The van der Waals surface area contributed by atoms with Crippen LogP contribution in [0.5, 0.6) is 0 Å². The minimum atomic E-state index is -5.05. The minimum Gasteiger partial charge on any atom is -0.459 e. The molecule has 0 fully saturated rings. The van der Waals surface area contributed by atoms with Crippen molar-refractivity contribution in [1.29, 1.82) is 0 Å². The van der Waals surface area contributed by atoms with E-state index in [2.05, 4.69) is 10.3 Å². The molecule has 0 saturated carbocycles. The molecule has 1 aliphatic rings. The topological polar surface area (TPSA) is 70.2 Å². The van der Waals surface area contributed by atoms with Gasteiger partial charge in [-0.1, -0.05) is 28.9 Å². The molecular formula is C23H17ClF5N3O3. The van der Waals surface area contributed by atoms with Crippen LogP contribution in [0.3, 0.4) is 0 Å². The lowest BCUT2D eigenvalue weighted by atomic mass is 10.0. The van der Waals surface area contributed by atoms with Crippen LogP contribution in [0.25, 0.3) is 28.3 Å². The molecule has 0 spiro atoms. The Labute approximate surface area is 200 Å². The molecule has 0 unspecified atom stereocenters. The lowest BCUT2D eigenvalue weighted by Gasteiger charge is -2.16. The predicted molar refractivity (Wildman–Crippen MR) is 116 cm³/mol. The maximum atomic E-state index is 14.6.